The van der Waals surface area contributed by atoms with E-state index in [0.717, 1.165) is 51.3 Å². The van der Waals surface area contributed by atoms with Crippen molar-refractivity contribution in [3.05, 3.63) is 29.8 Å². The van der Waals surface area contributed by atoms with Gasteiger partial charge in [-0.15, -0.1) is 0 Å². The predicted molar refractivity (Wildman–Crippen MR) is 74.7 cm³/mol. The fraction of sp³-hybridized carbons (Fsp3) is 0.600. The molecule has 0 amide bonds. The lowest BCUT2D eigenvalue weighted by Gasteiger charge is -2.30. The molecule has 0 atom stereocenters. The Hall–Kier alpha value is -1.06. The number of para-hydroxylation sites is 1. The van der Waals surface area contributed by atoms with Crippen LogP contribution < -0.4 is 10.5 Å². The van der Waals surface area contributed by atoms with Gasteiger partial charge >= 0.3 is 0 Å². The zero-order chi connectivity index (χ0) is 12.8. The van der Waals surface area contributed by atoms with Crippen LogP contribution in [0.4, 0.5) is 0 Å². The smallest absolute Gasteiger partial charge is 0.123 e. The van der Waals surface area contributed by atoms with Crippen molar-refractivity contribution in [1.82, 2.24) is 4.90 Å². The maximum atomic E-state index is 5.93. The van der Waals surface area contributed by atoms with E-state index in [1.54, 1.807) is 0 Å². The summed E-state index contributed by atoms with van der Waals surface area (Å²) in [5.74, 6) is 1.04. The lowest BCUT2D eigenvalue weighted by atomic mass is 10.1. The molecule has 0 aromatic heterocycles. The minimum absolute atomic E-state index is 0.396. The average molecular weight is 248 g/mol. The molecule has 0 aliphatic carbocycles. The van der Waals surface area contributed by atoms with Crippen LogP contribution in [-0.2, 0) is 6.54 Å². The molecule has 2 rings (SSSR count). The van der Waals surface area contributed by atoms with Gasteiger partial charge in [-0.1, -0.05) is 25.1 Å². The third-order valence-corrected chi connectivity index (χ3v) is 3.46. The molecule has 2 N–H and O–H groups in total. The molecule has 1 saturated heterocycles. The second-order valence-corrected chi connectivity index (χ2v) is 5.07. The van der Waals surface area contributed by atoms with E-state index in [4.69, 9.17) is 10.5 Å². The van der Waals surface area contributed by atoms with Crippen molar-refractivity contribution < 1.29 is 4.74 Å². The molecule has 0 bridgehead atoms. The summed E-state index contributed by atoms with van der Waals surface area (Å²) in [5.41, 5.74) is 7.23. The summed E-state index contributed by atoms with van der Waals surface area (Å²) in [6.07, 6.45) is 3.27. The fourth-order valence-corrected chi connectivity index (χ4v) is 2.34. The number of ether oxygens (including phenoxy) is 1. The van der Waals surface area contributed by atoms with Gasteiger partial charge in [0.1, 0.15) is 5.75 Å². The van der Waals surface area contributed by atoms with Crippen molar-refractivity contribution in [2.75, 3.05) is 19.7 Å². The summed E-state index contributed by atoms with van der Waals surface area (Å²) in [7, 11) is 0. The maximum Gasteiger partial charge on any atom is 0.123 e. The van der Waals surface area contributed by atoms with Gasteiger partial charge in [0.05, 0.1) is 6.61 Å². The average Bonchev–Trinajstić information content (AvgIpc) is 2.40. The first-order valence-electron chi connectivity index (χ1n) is 6.98. The number of hydrogen-bond donors (Lipinski definition) is 1. The third-order valence-electron chi connectivity index (χ3n) is 3.46. The van der Waals surface area contributed by atoms with Crippen molar-refractivity contribution in [3.8, 4) is 5.75 Å². The van der Waals surface area contributed by atoms with Crippen LogP contribution in [0, 0.1) is 0 Å². The Morgan fingerprint density at radius 3 is 2.72 bits per heavy atom. The number of hydrogen-bond acceptors (Lipinski definition) is 3. The second kappa shape index (κ2) is 6.76. The van der Waals surface area contributed by atoms with Crippen LogP contribution in [0.25, 0.3) is 0 Å². The molecule has 0 unspecified atom stereocenters. The van der Waals surface area contributed by atoms with Gasteiger partial charge in [0, 0.05) is 18.2 Å². The highest BCUT2D eigenvalue weighted by atomic mass is 16.5. The molecule has 0 radical (unpaired) electrons. The van der Waals surface area contributed by atoms with Crippen molar-refractivity contribution in [2.45, 2.75) is 38.8 Å². The first-order chi connectivity index (χ1) is 8.79. The summed E-state index contributed by atoms with van der Waals surface area (Å²) in [5, 5.41) is 0. The Morgan fingerprint density at radius 1 is 1.28 bits per heavy atom. The quantitative estimate of drug-likeness (QED) is 0.869. The zero-order valence-electron chi connectivity index (χ0n) is 11.3. The predicted octanol–water partition coefficient (Wildman–Crippen LogP) is 2.40. The van der Waals surface area contributed by atoms with E-state index in [9.17, 15) is 0 Å². The van der Waals surface area contributed by atoms with Crippen LogP contribution in [0.2, 0.25) is 0 Å². The Balaban J connectivity index is 1.95. The minimum Gasteiger partial charge on any atom is -0.493 e. The van der Waals surface area contributed by atoms with Gasteiger partial charge in [-0.3, -0.25) is 4.90 Å². The standard InChI is InChI=1S/C15H24N2O/c1-2-11-18-15-6-4-3-5-13(15)12-17-9-7-14(16)8-10-17/h3-6,14H,2,7-12,16H2,1H3. The van der Waals surface area contributed by atoms with Gasteiger partial charge in [-0.2, -0.15) is 0 Å². The van der Waals surface area contributed by atoms with E-state index in [2.05, 4.69) is 30.0 Å². The summed E-state index contributed by atoms with van der Waals surface area (Å²) in [6, 6.07) is 8.76. The van der Waals surface area contributed by atoms with E-state index in [1.807, 2.05) is 6.07 Å². The molecular formula is C15H24N2O. The maximum absolute atomic E-state index is 5.93. The minimum atomic E-state index is 0.396. The molecule has 1 fully saturated rings. The molecule has 100 valence electrons. The summed E-state index contributed by atoms with van der Waals surface area (Å²) >= 11 is 0. The van der Waals surface area contributed by atoms with E-state index < -0.39 is 0 Å². The monoisotopic (exact) mass is 248 g/mol. The molecule has 0 spiro atoms. The Kier molecular flexibility index (Phi) is 5.02. The molecule has 1 aliphatic heterocycles. The van der Waals surface area contributed by atoms with Crippen molar-refractivity contribution in [1.29, 1.82) is 0 Å². The molecule has 1 aromatic rings. The summed E-state index contributed by atoms with van der Waals surface area (Å²) in [4.78, 5) is 2.47. The summed E-state index contributed by atoms with van der Waals surface area (Å²) < 4.78 is 5.80. The van der Waals surface area contributed by atoms with Gasteiger partial charge in [0.2, 0.25) is 0 Å². The summed E-state index contributed by atoms with van der Waals surface area (Å²) in [6.45, 7) is 6.11. The van der Waals surface area contributed by atoms with Crippen molar-refractivity contribution in [3.63, 3.8) is 0 Å². The molecule has 0 saturated carbocycles. The van der Waals surface area contributed by atoms with Gasteiger partial charge in [-0.05, 0) is 38.4 Å². The van der Waals surface area contributed by atoms with Gasteiger partial charge in [0.25, 0.3) is 0 Å². The highest BCUT2D eigenvalue weighted by Crippen LogP contribution is 2.21. The van der Waals surface area contributed by atoms with Gasteiger partial charge < -0.3 is 10.5 Å². The van der Waals surface area contributed by atoms with Crippen LogP contribution in [0.1, 0.15) is 31.7 Å². The van der Waals surface area contributed by atoms with Crippen LogP contribution >= 0.6 is 0 Å². The number of nitrogens with zero attached hydrogens (tertiary/aromatic N) is 1. The molecular weight excluding hydrogens is 224 g/mol. The van der Waals surface area contributed by atoms with E-state index in [1.165, 1.54) is 5.56 Å². The largest absolute Gasteiger partial charge is 0.493 e. The highest BCUT2D eigenvalue weighted by molar-refractivity contribution is 5.33. The fourth-order valence-electron chi connectivity index (χ4n) is 2.34. The Bertz CT molecular complexity index is 359. The van der Waals surface area contributed by atoms with E-state index in [0.29, 0.717) is 6.04 Å². The van der Waals surface area contributed by atoms with Crippen molar-refractivity contribution in [2.24, 2.45) is 5.73 Å². The molecule has 18 heavy (non-hydrogen) atoms. The van der Waals surface area contributed by atoms with Gasteiger partial charge in [0.15, 0.2) is 0 Å². The Labute approximate surface area is 110 Å². The van der Waals surface area contributed by atoms with Crippen LogP contribution in [-0.4, -0.2) is 30.6 Å². The normalized spacial score (nSPS) is 17.9. The third kappa shape index (κ3) is 3.72. The molecule has 1 aromatic carbocycles. The van der Waals surface area contributed by atoms with Crippen LogP contribution in [0.5, 0.6) is 5.75 Å². The number of rotatable bonds is 5. The first kappa shape index (κ1) is 13.4. The number of piperidine rings is 1. The Morgan fingerprint density at radius 2 is 2.00 bits per heavy atom. The van der Waals surface area contributed by atoms with Crippen molar-refractivity contribution >= 4 is 0 Å². The zero-order valence-corrected chi connectivity index (χ0v) is 11.3. The topological polar surface area (TPSA) is 38.5 Å². The lowest BCUT2D eigenvalue weighted by molar-refractivity contribution is 0.202. The van der Waals surface area contributed by atoms with E-state index >= 15 is 0 Å². The molecule has 3 heteroatoms. The molecule has 1 aliphatic rings. The van der Waals surface area contributed by atoms with Gasteiger partial charge in [-0.25, -0.2) is 0 Å². The van der Waals surface area contributed by atoms with E-state index in [-0.39, 0.29) is 0 Å². The number of benzene rings is 1. The van der Waals surface area contributed by atoms with Crippen LogP contribution in [0.15, 0.2) is 24.3 Å². The number of likely N-dealkylation sites (tertiary alicyclic amines) is 1. The lowest BCUT2D eigenvalue weighted by Crippen LogP contribution is -2.39. The molecule has 1 heterocycles. The molecule has 3 nitrogen and oxygen atoms in total. The SMILES string of the molecule is CCCOc1ccccc1CN1CCC(N)CC1. The second-order valence-electron chi connectivity index (χ2n) is 5.07. The highest BCUT2D eigenvalue weighted by Gasteiger charge is 2.17. The first-order valence-corrected chi connectivity index (χ1v) is 6.98. The number of nitrogens with two attached hydrogens (primary N) is 1. The van der Waals surface area contributed by atoms with Crippen LogP contribution in [0.3, 0.4) is 0 Å².